The molecule has 2 aromatic rings. The standard InChI is InChI=1S/C17H17NO5S/c1-2-23-13-8-9-16-14(10-13)15(11-17(19)20)18(24(16,21)22)12-6-4-3-5-7-12/h3-10,15H,2,11H2,1H3,(H,19,20). The van der Waals surface area contributed by atoms with Crippen LogP contribution in [-0.4, -0.2) is 26.1 Å². The molecular formula is C17H17NO5S. The van der Waals surface area contributed by atoms with Crippen LogP contribution in [0.5, 0.6) is 5.75 Å². The van der Waals surface area contributed by atoms with Crippen LogP contribution in [0.1, 0.15) is 24.9 Å². The Labute approximate surface area is 140 Å². The van der Waals surface area contributed by atoms with Crippen LogP contribution in [0.15, 0.2) is 53.4 Å². The van der Waals surface area contributed by atoms with E-state index in [9.17, 15) is 18.3 Å². The number of aliphatic carboxylic acids is 1. The number of rotatable bonds is 5. The molecule has 0 aromatic heterocycles. The zero-order valence-corrected chi connectivity index (χ0v) is 13.9. The second-order valence-electron chi connectivity index (χ2n) is 5.38. The Hall–Kier alpha value is -2.54. The molecule has 0 spiro atoms. The summed E-state index contributed by atoms with van der Waals surface area (Å²) < 4.78 is 32.5. The van der Waals surface area contributed by atoms with Gasteiger partial charge in [0.05, 0.1) is 29.7 Å². The third-order valence-electron chi connectivity index (χ3n) is 3.85. The lowest BCUT2D eigenvalue weighted by Crippen LogP contribution is -2.29. The molecule has 3 rings (SSSR count). The van der Waals surface area contributed by atoms with Gasteiger partial charge in [0, 0.05) is 5.56 Å². The van der Waals surface area contributed by atoms with E-state index in [4.69, 9.17) is 4.74 Å². The minimum atomic E-state index is -3.81. The Bertz CT molecular complexity index is 864. The largest absolute Gasteiger partial charge is 0.494 e. The summed E-state index contributed by atoms with van der Waals surface area (Å²) in [5.41, 5.74) is 0.894. The molecule has 0 bridgehead atoms. The lowest BCUT2D eigenvalue weighted by Gasteiger charge is -2.24. The van der Waals surface area contributed by atoms with Crippen LogP contribution in [0.25, 0.3) is 0 Å². The normalized spacial score (nSPS) is 18.2. The number of anilines is 1. The molecule has 0 amide bonds. The van der Waals surface area contributed by atoms with Crippen molar-refractivity contribution in [2.75, 3.05) is 10.9 Å². The van der Waals surface area contributed by atoms with Gasteiger partial charge in [0.1, 0.15) is 5.75 Å². The third-order valence-corrected chi connectivity index (χ3v) is 5.76. The summed E-state index contributed by atoms with van der Waals surface area (Å²) in [7, 11) is -3.81. The molecule has 1 N–H and O–H groups in total. The minimum absolute atomic E-state index is 0.126. The number of sulfonamides is 1. The summed E-state index contributed by atoms with van der Waals surface area (Å²) in [6.07, 6.45) is -0.323. The molecule has 1 aliphatic heterocycles. The number of carboxylic acid groups (broad SMARTS) is 1. The molecule has 1 aliphatic rings. The van der Waals surface area contributed by atoms with E-state index in [2.05, 4.69) is 0 Å². The Kier molecular flexibility index (Phi) is 4.19. The Morgan fingerprint density at radius 2 is 1.92 bits per heavy atom. The molecule has 126 valence electrons. The Balaban J connectivity index is 2.17. The van der Waals surface area contributed by atoms with E-state index in [1.54, 1.807) is 42.5 Å². The van der Waals surface area contributed by atoms with Crippen molar-refractivity contribution in [1.82, 2.24) is 0 Å². The van der Waals surface area contributed by atoms with E-state index in [0.29, 0.717) is 23.6 Å². The van der Waals surface area contributed by atoms with Gasteiger partial charge in [-0.2, -0.15) is 0 Å². The van der Waals surface area contributed by atoms with Crippen molar-refractivity contribution in [3.8, 4) is 5.75 Å². The summed E-state index contributed by atoms with van der Waals surface area (Å²) in [5, 5.41) is 9.25. The topological polar surface area (TPSA) is 83.9 Å². The highest BCUT2D eigenvalue weighted by molar-refractivity contribution is 7.93. The highest BCUT2D eigenvalue weighted by Crippen LogP contribution is 2.45. The van der Waals surface area contributed by atoms with E-state index < -0.39 is 22.0 Å². The molecule has 24 heavy (non-hydrogen) atoms. The van der Waals surface area contributed by atoms with Crippen molar-refractivity contribution in [3.05, 3.63) is 54.1 Å². The van der Waals surface area contributed by atoms with Crippen molar-refractivity contribution in [2.24, 2.45) is 0 Å². The van der Waals surface area contributed by atoms with Crippen LogP contribution in [-0.2, 0) is 14.8 Å². The number of hydrogen-bond acceptors (Lipinski definition) is 4. The lowest BCUT2D eigenvalue weighted by molar-refractivity contribution is -0.137. The van der Waals surface area contributed by atoms with Crippen molar-refractivity contribution >= 4 is 21.7 Å². The Morgan fingerprint density at radius 3 is 2.54 bits per heavy atom. The van der Waals surface area contributed by atoms with Gasteiger partial charge in [-0.25, -0.2) is 8.42 Å². The van der Waals surface area contributed by atoms with E-state index in [1.807, 2.05) is 6.92 Å². The molecule has 2 aromatic carbocycles. The van der Waals surface area contributed by atoms with Gasteiger partial charge < -0.3 is 9.84 Å². The van der Waals surface area contributed by atoms with E-state index in [-0.39, 0.29) is 11.3 Å². The second-order valence-corrected chi connectivity index (χ2v) is 7.17. The highest BCUT2D eigenvalue weighted by atomic mass is 32.2. The third kappa shape index (κ3) is 2.71. The second kappa shape index (κ2) is 6.16. The molecule has 7 heteroatoms. The molecule has 6 nitrogen and oxygen atoms in total. The molecular weight excluding hydrogens is 330 g/mol. The summed E-state index contributed by atoms with van der Waals surface area (Å²) in [4.78, 5) is 11.4. The van der Waals surface area contributed by atoms with Crippen LogP contribution in [0.3, 0.4) is 0 Å². The van der Waals surface area contributed by atoms with Gasteiger partial charge in [0.25, 0.3) is 10.0 Å². The number of nitrogens with zero attached hydrogens (tertiary/aromatic N) is 1. The van der Waals surface area contributed by atoms with E-state index in [0.717, 1.165) is 0 Å². The molecule has 0 radical (unpaired) electrons. The first-order valence-electron chi connectivity index (χ1n) is 7.53. The average molecular weight is 347 g/mol. The number of hydrogen-bond donors (Lipinski definition) is 1. The Morgan fingerprint density at radius 1 is 1.21 bits per heavy atom. The fraction of sp³-hybridized carbons (Fsp3) is 0.235. The molecule has 0 saturated heterocycles. The van der Waals surface area contributed by atoms with Gasteiger partial charge in [0.15, 0.2) is 0 Å². The molecule has 0 aliphatic carbocycles. The van der Waals surface area contributed by atoms with Crippen LogP contribution < -0.4 is 9.04 Å². The van der Waals surface area contributed by atoms with Crippen LogP contribution >= 0.6 is 0 Å². The summed E-state index contributed by atoms with van der Waals surface area (Å²) in [6.45, 7) is 2.27. The first kappa shape index (κ1) is 16.3. The molecule has 1 unspecified atom stereocenters. The van der Waals surface area contributed by atoms with Gasteiger partial charge in [-0.05, 0) is 37.3 Å². The molecule has 1 heterocycles. The first-order valence-corrected chi connectivity index (χ1v) is 8.97. The maximum Gasteiger partial charge on any atom is 0.305 e. The van der Waals surface area contributed by atoms with Crippen LogP contribution in [0.2, 0.25) is 0 Å². The van der Waals surface area contributed by atoms with Crippen LogP contribution in [0.4, 0.5) is 5.69 Å². The summed E-state index contributed by atoms with van der Waals surface area (Å²) >= 11 is 0. The van der Waals surface area contributed by atoms with Gasteiger partial charge >= 0.3 is 5.97 Å². The van der Waals surface area contributed by atoms with Gasteiger partial charge in [-0.15, -0.1) is 0 Å². The van der Waals surface area contributed by atoms with Crippen molar-refractivity contribution < 1.29 is 23.1 Å². The zero-order chi connectivity index (χ0) is 17.3. The first-order chi connectivity index (χ1) is 11.4. The number of benzene rings is 2. The molecule has 0 saturated carbocycles. The quantitative estimate of drug-likeness (QED) is 0.899. The van der Waals surface area contributed by atoms with E-state index in [1.165, 1.54) is 10.4 Å². The van der Waals surface area contributed by atoms with Crippen molar-refractivity contribution in [3.63, 3.8) is 0 Å². The summed E-state index contributed by atoms with van der Waals surface area (Å²) in [6, 6.07) is 12.4. The number of fused-ring (bicyclic) bond motifs is 1. The maximum atomic E-state index is 12.9. The highest BCUT2D eigenvalue weighted by Gasteiger charge is 2.43. The predicted molar refractivity (Wildman–Crippen MR) is 88.7 cm³/mol. The number of ether oxygens (including phenoxy) is 1. The fourth-order valence-electron chi connectivity index (χ4n) is 2.93. The smallest absolute Gasteiger partial charge is 0.305 e. The fourth-order valence-corrected chi connectivity index (χ4v) is 4.80. The summed E-state index contributed by atoms with van der Waals surface area (Å²) in [5.74, 6) is -0.539. The van der Waals surface area contributed by atoms with Gasteiger partial charge in [0.2, 0.25) is 0 Å². The zero-order valence-electron chi connectivity index (χ0n) is 13.0. The molecule has 0 fully saturated rings. The number of carbonyl (C=O) groups is 1. The average Bonchev–Trinajstić information content (AvgIpc) is 2.75. The minimum Gasteiger partial charge on any atom is -0.494 e. The predicted octanol–water partition coefficient (Wildman–Crippen LogP) is 2.81. The van der Waals surface area contributed by atoms with Crippen LogP contribution in [0, 0.1) is 0 Å². The lowest BCUT2D eigenvalue weighted by atomic mass is 10.0. The number of para-hydroxylation sites is 1. The van der Waals surface area contributed by atoms with Gasteiger partial charge in [-0.1, -0.05) is 18.2 Å². The van der Waals surface area contributed by atoms with Gasteiger partial charge in [-0.3, -0.25) is 9.10 Å². The number of carboxylic acids is 1. The monoisotopic (exact) mass is 347 g/mol. The maximum absolute atomic E-state index is 12.9. The van der Waals surface area contributed by atoms with Crippen molar-refractivity contribution in [1.29, 1.82) is 0 Å². The molecule has 1 atom stereocenters. The SMILES string of the molecule is CCOc1ccc2c(c1)C(CC(=O)O)N(c1ccccc1)S2(=O)=O. The van der Waals surface area contributed by atoms with E-state index >= 15 is 0 Å². The van der Waals surface area contributed by atoms with Crippen molar-refractivity contribution in [2.45, 2.75) is 24.3 Å².